The molecule has 25 heavy (non-hydrogen) atoms. The van der Waals surface area contributed by atoms with Crippen molar-refractivity contribution in [3.8, 4) is 11.5 Å². The zero-order valence-electron chi connectivity index (χ0n) is 13.5. The lowest BCUT2D eigenvalue weighted by Crippen LogP contribution is -2.13. The molecule has 0 aliphatic rings. The molecule has 1 atom stereocenters. The van der Waals surface area contributed by atoms with Crippen LogP contribution in [-0.2, 0) is 9.84 Å². The summed E-state index contributed by atoms with van der Waals surface area (Å²) in [6, 6.07) is 9.67. The summed E-state index contributed by atoms with van der Waals surface area (Å²) >= 11 is 3.23. The number of methoxy groups -OCH3 is 2. The SMILES string of the molecule is COc1ccc(S(=O)(=O)C(O)c2c[nH]c3ccc(OC)cc23)c(Br)c1. The molecule has 3 aromatic rings. The molecule has 0 bridgehead atoms. The molecule has 2 N–H and O–H groups in total. The van der Waals surface area contributed by atoms with Crippen LogP contribution in [0.1, 0.15) is 11.0 Å². The van der Waals surface area contributed by atoms with E-state index in [4.69, 9.17) is 9.47 Å². The second-order valence-electron chi connectivity index (χ2n) is 5.35. The van der Waals surface area contributed by atoms with E-state index in [-0.39, 0.29) is 10.5 Å². The number of ether oxygens (including phenoxy) is 2. The molecule has 0 aliphatic carbocycles. The Balaban J connectivity index is 2.09. The molecule has 2 aromatic carbocycles. The average molecular weight is 426 g/mol. The van der Waals surface area contributed by atoms with Gasteiger partial charge >= 0.3 is 0 Å². The summed E-state index contributed by atoms with van der Waals surface area (Å²) in [5.41, 5.74) is -0.756. The van der Waals surface area contributed by atoms with Gasteiger partial charge in [0.25, 0.3) is 0 Å². The van der Waals surface area contributed by atoms with Crippen LogP contribution in [0.15, 0.2) is 52.0 Å². The number of aliphatic hydroxyl groups excluding tert-OH is 1. The number of rotatable bonds is 5. The first kappa shape index (κ1) is 17.8. The van der Waals surface area contributed by atoms with Gasteiger partial charge in [0.15, 0.2) is 5.44 Å². The highest BCUT2D eigenvalue weighted by Gasteiger charge is 2.31. The first-order valence-corrected chi connectivity index (χ1v) is 9.63. The molecule has 0 amide bonds. The highest BCUT2D eigenvalue weighted by Crippen LogP contribution is 2.36. The molecule has 0 aliphatic heterocycles. The molecule has 8 heteroatoms. The number of benzene rings is 2. The largest absolute Gasteiger partial charge is 0.497 e. The van der Waals surface area contributed by atoms with Crippen LogP contribution in [0.4, 0.5) is 0 Å². The summed E-state index contributed by atoms with van der Waals surface area (Å²) in [5.74, 6) is 1.08. The maximum Gasteiger partial charge on any atom is 0.210 e. The minimum Gasteiger partial charge on any atom is -0.497 e. The molecule has 132 valence electrons. The predicted molar refractivity (Wildman–Crippen MR) is 97.7 cm³/mol. The second kappa shape index (κ2) is 6.70. The molecule has 0 radical (unpaired) electrons. The van der Waals surface area contributed by atoms with E-state index in [1.165, 1.54) is 38.6 Å². The maximum atomic E-state index is 12.9. The van der Waals surface area contributed by atoms with Gasteiger partial charge in [-0.05, 0) is 52.3 Å². The van der Waals surface area contributed by atoms with Crippen molar-refractivity contribution in [1.82, 2.24) is 4.98 Å². The Bertz CT molecular complexity index is 1030. The number of aromatic amines is 1. The Kier molecular flexibility index (Phi) is 4.77. The summed E-state index contributed by atoms with van der Waals surface area (Å²) in [5, 5.41) is 11.2. The number of aliphatic hydroxyl groups is 1. The fourth-order valence-electron chi connectivity index (χ4n) is 2.58. The Labute approximate surface area is 153 Å². The van der Waals surface area contributed by atoms with Gasteiger partial charge in [0.05, 0.1) is 19.1 Å². The average Bonchev–Trinajstić information content (AvgIpc) is 3.03. The molecule has 1 aromatic heterocycles. The number of nitrogens with one attached hydrogen (secondary N) is 1. The van der Waals surface area contributed by atoms with E-state index in [0.29, 0.717) is 26.9 Å². The number of fused-ring (bicyclic) bond motifs is 1. The maximum absolute atomic E-state index is 12.9. The van der Waals surface area contributed by atoms with Crippen LogP contribution in [0.2, 0.25) is 0 Å². The van der Waals surface area contributed by atoms with Crippen molar-refractivity contribution in [2.75, 3.05) is 14.2 Å². The van der Waals surface area contributed by atoms with Gasteiger partial charge in [0.2, 0.25) is 9.84 Å². The smallest absolute Gasteiger partial charge is 0.210 e. The van der Waals surface area contributed by atoms with E-state index in [0.717, 1.165) is 0 Å². The molecule has 0 saturated carbocycles. The monoisotopic (exact) mass is 425 g/mol. The van der Waals surface area contributed by atoms with Crippen LogP contribution in [0.3, 0.4) is 0 Å². The third kappa shape index (κ3) is 3.12. The quantitative estimate of drug-likeness (QED) is 0.653. The van der Waals surface area contributed by atoms with Crippen molar-refractivity contribution < 1.29 is 23.0 Å². The predicted octanol–water partition coefficient (Wildman–Crippen LogP) is 3.41. The van der Waals surface area contributed by atoms with Gasteiger partial charge in [-0.3, -0.25) is 0 Å². The van der Waals surface area contributed by atoms with Gasteiger partial charge in [-0.2, -0.15) is 0 Å². The van der Waals surface area contributed by atoms with Gasteiger partial charge in [0.1, 0.15) is 11.5 Å². The van der Waals surface area contributed by atoms with E-state index in [2.05, 4.69) is 20.9 Å². The number of halogens is 1. The highest BCUT2D eigenvalue weighted by molar-refractivity contribution is 9.10. The highest BCUT2D eigenvalue weighted by atomic mass is 79.9. The number of H-pyrrole nitrogens is 1. The minimum atomic E-state index is -4.04. The Morgan fingerprint density at radius 3 is 2.36 bits per heavy atom. The lowest BCUT2D eigenvalue weighted by molar-refractivity contribution is 0.256. The van der Waals surface area contributed by atoms with Crippen molar-refractivity contribution in [3.63, 3.8) is 0 Å². The fraction of sp³-hybridized carbons (Fsp3) is 0.176. The van der Waals surface area contributed by atoms with Crippen molar-refractivity contribution in [2.24, 2.45) is 0 Å². The summed E-state index contributed by atoms with van der Waals surface area (Å²) in [4.78, 5) is 2.95. The zero-order valence-corrected chi connectivity index (χ0v) is 15.9. The summed E-state index contributed by atoms with van der Waals surface area (Å²) in [6.07, 6.45) is 1.49. The number of hydrogen-bond acceptors (Lipinski definition) is 5. The van der Waals surface area contributed by atoms with E-state index < -0.39 is 15.3 Å². The molecular weight excluding hydrogens is 410 g/mol. The van der Waals surface area contributed by atoms with E-state index in [1.807, 2.05) is 0 Å². The summed E-state index contributed by atoms with van der Waals surface area (Å²) in [7, 11) is -1.02. The standard InChI is InChI=1S/C17H16BrNO5S/c1-23-10-3-5-15-12(7-10)13(9-19-15)17(20)25(21,22)16-6-4-11(24-2)8-14(16)18/h3-9,17,19-20H,1-2H3. The van der Waals surface area contributed by atoms with Crippen molar-refractivity contribution in [1.29, 1.82) is 0 Å². The number of hydrogen-bond donors (Lipinski definition) is 2. The van der Waals surface area contributed by atoms with Crippen LogP contribution in [-0.4, -0.2) is 32.7 Å². The molecule has 1 unspecified atom stereocenters. The van der Waals surface area contributed by atoms with Crippen LogP contribution in [0.25, 0.3) is 10.9 Å². The molecule has 0 saturated heterocycles. The molecule has 1 heterocycles. The van der Waals surface area contributed by atoms with Gasteiger partial charge in [-0.1, -0.05) is 0 Å². The van der Waals surface area contributed by atoms with Crippen molar-refractivity contribution in [3.05, 3.63) is 52.6 Å². The number of aromatic nitrogens is 1. The van der Waals surface area contributed by atoms with Crippen molar-refractivity contribution >= 4 is 36.7 Å². The van der Waals surface area contributed by atoms with Gasteiger partial charge < -0.3 is 19.6 Å². The third-order valence-corrected chi connectivity index (χ3v) is 6.66. The van der Waals surface area contributed by atoms with E-state index >= 15 is 0 Å². The number of sulfone groups is 1. The normalized spacial score (nSPS) is 13.0. The lowest BCUT2D eigenvalue weighted by atomic mass is 10.2. The second-order valence-corrected chi connectivity index (χ2v) is 8.18. The summed E-state index contributed by atoms with van der Waals surface area (Å²) < 4.78 is 36.3. The van der Waals surface area contributed by atoms with Gasteiger partial charge in [0, 0.05) is 27.1 Å². The van der Waals surface area contributed by atoms with Crippen LogP contribution < -0.4 is 9.47 Å². The van der Waals surface area contributed by atoms with Crippen LogP contribution >= 0.6 is 15.9 Å². The summed E-state index contributed by atoms with van der Waals surface area (Å²) in [6.45, 7) is 0. The van der Waals surface area contributed by atoms with Crippen LogP contribution in [0.5, 0.6) is 11.5 Å². The lowest BCUT2D eigenvalue weighted by Gasteiger charge is -2.14. The fourth-order valence-corrected chi connectivity index (χ4v) is 4.97. The molecular formula is C17H16BrNO5S. The van der Waals surface area contributed by atoms with E-state index in [1.54, 1.807) is 18.2 Å². The Hall–Kier alpha value is -2.03. The Morgan fingerprint density at radius 2 is 1.72 bits per heavy atom. The molecule has 0 fully saturated rings. The first-order chi connectivity index (χ1) is 11.9. The molecule has 3 rings (SSSR count). The van der Waals surface area contributed by atoms with Gasteiger partial charge in [-0.15, -0.1) is 0 Å². The third-order valence-electron chi connectivity index (χ3n) is 3.93. The molecule has 0 spiro atoms. The minimum absolute atomic E-state index is 0.0157. The molecule has 6 nitrogen and oxygen atoms in total. The zero-order chi connectivity index (χ0) is 18.2. The Morgan fingerprint density at radius 1 is 1.08 bits per heavy atom. The van der Waals surface area contributed by atoms with Gasteiger partial charge in [-0.25, -0.2) is 8.42 Å². The van der Waals surface area contributed by atoms with Crippen LogP contribution in [0, 0.1) is 0 Å². The first-order valence-electron chi connectivity index (χ1n) is 7.29. The van der Waals surface area contributed by atoms with Crippen molar-refractivity contribution in [2.45, 2.75) is 10.3 Å². The van der Waals surface area contributed by atoms with E-state index in [9.17, 15) is 13.5 Å². The topological polar surface area (TPSA) is 88.6 Å².